The van der Waals surface area contributed by atoms with Crippen molar-refractivity contribution in [1.29, 1.82) is 5.26 Å². The molecule has 0 aliphatic carbocycles. The van der Waals surface area contributed by atoms with E-state index in [-0.39, 0.29) is 5.57 Å². The molecule has 0 atom stereocenters. The van der Waals surface area contributed by atoms with Crippen molar-refractivity contribution in [2.24, 2.45) is 5.73 Å². The van der Waals surface area contributed by atoms with Gasteiger partial charge in [-0.05, 0) is 6.42 Å². The largest absolute Gasteiger partial charge is 0.365 e. The lowest BCUT2D eigenvalue weighted by Crippen LogP contribution is -2.33. The van der Waals surface area contributed by atoms with E-state index in [1.165, 1.54) is 0 Å². The molecule has 0 fully saturated rings. The van der Waals surface area contributed by atoms with Gasteiger partial charge in [0.25, 0.3) is 5.91 Å². The van der Waals surface area contributed by atoms with Crippen LogP contribution in [0.15, 0.2) is 11.8 Å². The van der Waals surface area contributed by atoms with Crippen LogP contribution in [-0.4, -0.2) is 18.5 Å². The van der Waals surface area contributed by atoms with Crippen molar-refractivity contribution >= 4 is 11.9 Å². The molecule has 0 aromatic carbocycles. The van der Waals surface area contributed by atoms with Crippen LogP contribution in [0.1, 0.15) is 19.8 Å². The predicted molar refractivity (Wildman–Crippen MR) is 54.3 cm³/mol. The number of rotatable bonds is 5. The molecule has 0 aromatic rings. The van der Waals surface area contributed by atoms with Crippen molar-refractivity contribution in [2.75, 3.05) is 6.54 Å². The third kappa shape index (κ3) is 6.10. The molecule has 0 rings (SSSR count). The van der Waals surface area contributed by atoms with E-state index in [4.69, 9.17) is 11.0 Å². The van der Waals surface area contributed by atoms with E-state index in [2.05, 4.69) is 10.6 Å². The number of carbonyl (C=O) groups excluding carboxylic acids is 2. The Hall–Kier alpha value is -2.03. The number of amides is 3. The molecular weight excluding hydrogens is 196 g/mol. The molecule has 0 aliphatic rings. The molecule has 3 amide bonds. The van der Waals surface area contributed by atoms with Gasteiger partial charge >= 0.3 is 6.03 Å². The van der Waals surface area contributed by atoms with Crippen molar-refractivity contribution in [3.63, 3.8) is 0 Å². The number of primary amides is 1. The van der Waals surface area contributed by atoms with Crippen LogP contribution < -0.4 is 16.4 Å². The van der Waals surface area contributed by atoms with Crippen molar-refractivity contribution in [1.82, 2.24) is 10.6 Å². The van der Waals surface area contributed by atoms with Crippen molar-refractivity contribution in [3.05, 3.63) is 11.8 Å². The number of nitrogens with two attached hydrogens (primary N) is 1. The van der Waals surface area contributed by atoms with Crippen LogP contribution in [0.3, 0.4) is 0 Å². The maximum absolute atomic E-state index is 11.0. The smallest absolute Gasteiger partial charge is 0.318 e. The molecule has 0 bridgehead atoms. The predicted octanol–water partition coefficient (Wildman–Crippen LogP) is -0.0215. The summed E-state index contributed by atoms with van der Waals surface area (Å²) >= 11 is 0. The Morgan fingerprint density at radius 3 is 2.67 bits per heavy atom. The number of urea groups is 1. The van der Waals surface area contributed by atoms with E-state index in [0.29, 0.717) is 6.54 Å². The van der Waals surface area contributed by atoms with Gasteiger partial charge in [-0.3, -0.25) is 4.79 Å². The summed E-state index contributed by atoms with van der Waals surface area (Å²) in [6.45, 7) is 2.55. The number of nitrogens with one attached hydrogen (secondary N) is 2. The first-order valence-corrected chi connectivity index (χ1v) is 4.56. The molecule has 0 unspecified atom stereocenters. The van der Waals surface area contributed by atoms with Crippen LogP contribution in [0, 0.1) is 11.3 Å². The van der Waals surface area contributed by atoms with Crippen LogP contribution in [0.2, 0.25) is 0 Å². The molecular formula is C9H14N4O2. The van der Waals surface area contributed by atoms with Gasteiger partial charge in [0, 0.05) is 12.7 Å². The highest BCUT2D eigenvalue weighted by atomic mass is 16.2. The molecule has 0 heterocycles. The zero-order valence-electron chi connectivity index (χ0n) is 8.54. The number of carbonyl (C=O) groups is 2. The Morgan fingerprint density at radius 2 is 2.20 bits per heavy atom. The van der Waals surface area contributed by atoms with Gasteiger partial charge in [-0.15, -0.1) is 0 Å². The number of unbranched alkanes of at least 4 members (excludes halogenated alkanes) is 1. The SMILES string of the molecule is CCCCNC(=O)N/C=C(\C#N)C(N)=O. The molecule has 82 valence electrons. The Bertz CT molecular complexity index is 304. The average Bonchev–Trinajstić information content (AvgIpc) is 2.18. The molecule has 0 aromatic heterocycles. The lowest BCUT2D eigenvalue weighted by atomic mass is 10.3. The average molecular weight is 210 g/mol. The molecule has 0 saturated carbocycles. The second kappa shape index (κ2) is 7.38. The molecule has 0 spiro atoms. The van der Waals surface area contributed by atoms with Crippen LogP contribution in [-0.2, 0) is 4.79 Å². The molecule has 4 N–H and O–H groups in total. The zero-order valence-corrected chi connectivity index (χ0v) is 8.54. The van der Waals surface area contributed by atoms with Gasteiger partial charge in [0.05, 0.1) is 0 Å². The molecule has 0 radical (unpaired) electrons. The topological polar surface area (TPSA) is 108 Å². The molecule has 6 heteroatoms. The summed E-state index contributed by atoms with van der Waals surface area (Å²) in [7, 11) is 0. The second-order valence-electron chi connectivity index (χ2n) is 2.79. The minimum atomic E-state index is -0.869. The van der Waals surface area contributed by atoms with Crippen LogP contribution in [0.5, 0.6) is 0 Å². The fraction of sp³-hybridized carbons (Fsp3) is 0.444. The normalized spacial score (nSPS) is 10.3. The zero-order chi connectivity index (χ0) is 11.7. The summed E-state index contributed by atoms with van der Waals surface area (Å²) in [5, 5.41) is 13.2. The number of hydrogen-bond donors (Lipinski definition) is 3. The summed E-state index contributed by atoms with van der Waals surface area (Å²) in [5.41, 5.74) is 4.56. The Balaban J connectivity index is 3.98. The number of nitrogens with zero attached hydrogens (tertiary/aromatic N) is 1. The summed E-state index contributed by atoms with van der Waals surface area (Å²) in [6.07, 6.45) is 2.84. The van der Waals surface area contributed by atoms with E-state index in [1.54, 1.807) is 6.07 Å². The summed E-state index contributed by atoms with van der Waals surface area (Å²) in [5.74, 6) is -0.869. The second-order valence-corrected chi connectivity index (χ2v) is 2.79. The Labute approximate surface area is 88.1 Å². The van der Waals surface area contributed by atoms with Crippen molar-refractivity contribution in [2.45, 2.75) is 19.8 Å². The van der Waals surface area contributed by atoms with Crippen LogP contribution in [0.4, 0.5) is 4.79 Å². The van der Waals surface area contributed by atoms with Gasteiger partial charge in [0.1, 0.15) is 11.6 Å². The highest BCUT2D eigenvalue weighted by Crippen LogP contribution is 1.87. The monoisotopic (exact) mass is 210 g/mol. The van der Waals surface area contributed by atoms with Crippen molar-refractivity contribution < 1.29 is 9.59 Å². The highest BCUT2D eigenvalue weighted by Gasteiger charge is 2.03. The van der Waals surface area contributed by atoms with E-state index in [9.17, 15) is 9.59 Å². The molecule has 0 saturated heterocycles. The maximum atomic E-state index is 11.0. The van der Waals surface area contributed by atoms with Gasteiger partial charge in [0.15, 0.2) is 0 Å². The van der Waals surface area contributed by atoms with Gasteiger partial charge in [-0.1, -0.05) is 13.3 Å². The summed E-state index contributed by atoms with van der Waals surface area (Å²) < 4.78 is 0. The highest BCUT2D eigenvalue weighted by molar-refractivity contribution is 5.96. The van der Waals surface area contributed by atoms with E-state index < -0.39 is 11.9 Å². The first-order valence-electron chi connectivity index (χ1n) is 4.56. The fourth-order valence-electron chi connectivity index (χ4n) is 0.726. The standard InChI is InChI=1S/C9H14N4O2/c1-2-3-4-12-9(15)13-6-7(5-10)8(11)14/h6H,2-4H2,1H3,(H2,11,14)(H2,12,13,15)/b7-6+. The Kier molecular flexibility index (Phi) is 6.38. The van der Waals surface area contributed by atoms with E-state index in [0.717, 1.165) is 19.0 Å². The third-order valence-electron chi connectivity index (χ3n) is 1.55. The van der Waals surface area contributed by atoms with Gasteiger partial charge in [0.2, 0.25) is 0 Å². The van der Waals surface area contributed by atoms with Gasteiger partial charge < -0.3 is 16.4 Å². The first-order chi connectivity index (χ1) is 7.11. The minimum Gasteiger partial charge on any atom is -0.365 e. The summed E-state index contributed by atoms with van der Waals surface area (Å²) in [4.78, 5) is 21.6. The van der Waals surface area contributed by atoms with Crippen LogP contribution >= 0.6 is 0 Å². The summed E-state index contributed by atoms with van der Waals surface area (Å²) in [6, 6.07) is 1.11. The number of hydrogen-bond acceptors (Lipinski definition) is 3. The van der Waals surface area contributed by atoms with Crippen LogP contribution in [0.25, 0.3) is 0 Å². The maximum Gasteiger partial charge on any atom is 0.318 e. The fourth-order valence-corrected chi connectivity index (χ4v) is 0.726. The van der Waals surface area contributed by atoms with Gasteiger partial charge in [-0.25, -0.2) is 4.79 Å². The lowest BCUT2D eigenvalue weighted by molar-refractivity contribution is -0.114. The van der Waals surface area contributed by atoms with E-state index in [1.807, 2.05) is 6.92 Å². The minimum absolute atomic E-state index is 0.291. The quantitative estimate of drug-likeness (QED) is 0.337. The first kappa shape index (κ1) is 13.0. The Morgan fingerprint density at radius 1 is 1.53 bits per heavy atom. The van der Waals surface area contributed by atoms with E-state index >= 15 is 0 Å². The molecule has 0 aliphatic heterocycles. The third-order valence-corrected chi connectivity index (χ3v) is 1.55. The molecule has 15 heavy (non-hydrogen) atoms. The van der Waals surface area contributed by atoms with Crippen molar-refractivity contribution in [3.8, 4) is 6.07 Å². The lowest BCUT2D eigenvalue weighted by Gasteiger charge is -2.02. The molecule has 6 nitrogen and oxygen atoms in total. The number of nitriles is 1. The van der Waals surface area contributed by atoms with Gasteiger partial charge in [-0.2, -0.15) is 5.26 Å².